The second-order valence-electron chi connectivity index (χ2n) is 3.96. The topological polar surface area (TPSA) is 64.1 Å². The second-order valence-corrected chi connectivity index (χ2v) is 3.96. The van der Waals surface area contributed by atoms with E-state index in [-0.39, 0.29) is 18.7 Å². The molecule has 3 N–H and O–H groups in total. The number of rotatable bonds is 4. The summed E-state index contributed by atoms with van der Waals surface area (Å²) in [5, 5.41) is 9.43. The third-order valence-electron chi connectivity index (χ3n) is 2.99. The molecule has 1 aromatic carbocycles. The van der Waals surface area contributed by atoms with Gasteiger partial charge in [-0.25, -0.2) is 4.98 Å². The Morgan fingerprint density at radius 2 is 2.19 bits per heavy atom. The summed E-state index contributed by atoms with van der Waals surface area (Å²) in [6.07, 6.45) is 2.58. The lowest BCUT2D eigenvalue weighted by atomic mass is 10.1. The molecule has 2 unspecified atom stereocenters. The van der Waals surface area contributed by atoms with Crippen LogP contribution in [0.2, 0.25) is 0 Å². The van der Waals surface area contributed by atoms with Crippen LogP contribution in [0.25, 0.3) is 11.0 Å². The number of benzene rings is 1. The van der Waals surface area contributed by atoms with Gasteiger partial charge in [0.25, 0.3) is 0 Å². The van der Waals surface area contributed by atoms with Crippen LogP contribution >= 0.6 is 0 Å². The Labute approximate surface area is 94.7 Å². The zero-order valence-corrected chi connectivity index (χ0v) is 9.37. The van der Waals surface area contributed by atoms with E-state index < -0.39 is 0 Å². The fraction of sp³-hybridized carbons (Fsp3) is 0.417. The summed E-state index contributed by atoms with van der Waals surface area (Å²) < 4.78 is 1.96. The van der Waals surface area contributed by atoms with Crippen LogP contribution in [0, 0.1) is 0 Å². The maximum atomic E-state index is 9.43. The molecule has 1 heterocycles. The summed E-state index contributed by atoms with van der Waals surface area (Å²) in [4.78, 5) is 4.30. The highest BCUT2D eigenvalue weighted by atomic mass is 16.3. The first kappa shape index (κ1) is 11.1. The summed E-state index contributed by atoms with van der Waals surface area (Å²) in [6.45, 7) is 2.06. The van der Waals surface area contributed by atoms with Crippen LogP contribution in [0.4, 0.5) is 0 Å². The van der Waals surface area contributed by atoms with Crippen molar-refractivity contribution in [3.05, 3.63) is 30.6 Å². The molecule has 0 aliphatic rings. The van der Waals surface area contributed by atoms with Gasteiger partial charge in [0, 0.05) is 6.04 Å². The molecule has 2 atom stereocenters. The van der Waals surface area contributed by atoms with Crippen molar-refractivity contribution < 1.29 is 5.11 Å². The minimum Gasteiger partial charge on any atom is -0.394 e. The number of aliphatic hydroxyl groups excluding tert-OH is 1. The van der Waals surface area contributed by atoms with E-state index in [1.165, 1.54) is 0 Å². The SMILES string of the molecule is CCC(N)C(CO)n1cnc2ccccc21. The fourth-order valence-corrected chi connectivity index (χ4v) is 1.94. The van der Waals surface area contributed by atoms with Gasteiger partial charge in [0.1, 0.15) is 0 Å². The molecule has 0 saturated heterocycles. The molecule has 0 amide bonds. The monoisotopic (exact) mass is 219 g/mol. The number of para-hydroxylation sites is 2. The molecule has 4 nitrogen and oxygen atoms in total. The van der Waals surface area contributed by atoms with Gasteiger partial charge in [-0.1, -0.05) is 19.1 Å². The van der Waals surface area contributed by atoms with Crippen molar-refractivity contribution in [2.45, 2.75) is 25.4 Å². The number of nitrogens with two attached hydrogens (primary N) is 1. The van der Waals surface area contributed by atoms with Crippen molar-refractivity contribution in [1.29, 1.82) is 0 Å². The van der Waals surface area contributed by atoms with Gasteiger partial charge in [0.2, 0.25) is 0 Å². The molecule has 1 aromatic heterocycles. The lowest BCUT2D eigenvalue weighted by Gasteiger charge is -2.22. The smallest absolute Gasteiger partial charge is 0.0962 e. The highest BCUT2D eigenvalue weighted by Gasteiger charge is 2.18. The molecular weight excluding hydrogens is 202 g/mol. The summed E-state index contributed by atoms with van der Waals surface area (Å²) in [5.74, 6) is 0. The first-order valence-corrected chi connectivity index (χ1v) is 5.56. The Hall–Kier alpha value is -1.39. The zero-order valence-electron chi connectivity index (χ0n) is 9.37. The van der Waals surface area contributed by atoms with Crippen molar-refractivity contribution in [3.63, 3.8) is 0 Å². The van der Waals surface area contributed by atoms with E-state index in [2.05, 4.69) is 4.98 Å². The van der Waals surface area contributed by atoms with E-state index in [1.54, 1.807) is 6.33 Å². The average molecular weight is 219 g/mol. The third kappa shape index (κ3) is 1.81. The van der Waals surface area contributed by atoms with Crippen LogP contribution < -0.4 is 5.73 Å². The zero-order chi connectivity index (χ0) is 11.5. The summed E-state index contributed by atoms with van der Waals surface area (Å²) in [6, 6.07) is 7.71. The molecule has 0 spiro atoms. The number of aliphatic hydroxyl groups is 1. The summed E-state index contributed by atoms with van der Waals surface area (Å²) in [5.41, 5.74) is 7.95. The molecule has 2 aromatic rings. The predicted octanol–water partition coefficient (Wildman–Crippen LogP) is 1.31. The Balaban J connectivity index is 2.45. The fourth-order valence-electron chi connectivity index (χ4n) is 1.94. The molecule has 16 heavy (non-hydrogen) atoms. The normalized spacial score (nSPS) is 15.2. The first-order chi connectivity index (χ1) is 7.77. The number of aromatic nitrogens is 2. The van der Waals surface area contributed by atoms with Crippen LogP contribution in [0.5, 0.6) is 0 Å². The molecule has 0 aliphatic carbocycles. The van der Waals surface area contributed by atoms with E-state index in [0.29, 0.717) is 0 Å². The predicted molar refractivity (Wildman–Crippen MR) is 64.1 cm³/mol. The average Bonchev–Trinajstić information content (AvgIpc) is 2.74. The Bertz CT molecular complexity index is 466. The molecule has 2 rings (SSSR count). The van der Waals surface area contributed by atoms with Crippen molar-refractivity contribution in [3.8, 4) is 0 Å². The van der Waals surface area contributed by atoms with Gasteiger partial charge in [0.05, 0.1) is 30.0 Å². The highest BCUT2D eigenvalue weighted by Crippen LogP contribution is 2.20. The van der Waals surface area contributed by atoms with Gasteiger partial charge in [-0.3, -0.25) is 0 Å². The molecular formula is C12H17N3O. The highest BCUT2D eigenvalue weighted by molar-refractivity contribution is 5.75. The standard InChI is InChI=1S/C12H17N3O/c1-2-9(13)12(7-16)15-8-14-10-5-3-4-6-11(10)15/h3-6,8-9,12,16H,2,7,13H2,1H3. The van der Waals surface area contributed by atoms with E-state index in [4.69, 9.17) is 5.73 Å². The number of hydrogen-bond donors (Lipinski definition) is 2. The van der Waals surface area contributed by atoms with Crippen LogP contribution in [-0.4, -0.2) is 27.3 Å². The second kappa shape index (κ2) is 4.63. The largest absolute Gasteiger partial charge is 0.394 e. The number of imidazole rings is 1. The molecule has 0 radical (unpaired) electrons. The van der Waals surface area contributed by atoms with Gasteiger partial charge < -0.3 is 15.4 Å². The summed E-state index contributed by atoms with van der Waals surface area (Å²) >= 11 is 0. The molecule has 0 aliphatic heterocycles. The lowest BCUT2D eigenvalue weighted by Crippen LogP contribution is -2.33. The van der Waals surface area contributed by atoms with Gasteiger partial charge in [-0.15, -0.1) is 0 Å². The lowest BCUT2D eigenvalue weighted by molar-refractivity contribution is 0.207. The minimum atomic E-state index is -0.0996. The van der Waals surface area contributed by atoms with Crippen molar-refractivity contribution >= 4 is 11.0 Å². The van der Waals surface area contributed by atoms with E-state index in [9.17, 15) is 5.11 Å². The number of hydrogen-bond acceptors (Lipinski definition) is 3. The summed E-state index contributed by atoms with van der Waals surface area (Å²) in [7, 11) is 0. The number of nitrogens with zero attached hydrogens (tertiary/aromatic N) is 2. The van der Waals surface area contributed by atoms with Gasteiger partial charge in [-0.05, 0) is 18.6 Å². The maximum Gasteiger partial charge on any atom is 0.0962 e. The molecule has 0 fully saturated rings. The Morgan fingerprint density at radius 3 is 2.88 bits per heavy atom. The van der Waals surface area contributed by atoms with Crippen molar-refractivity contribution in [1.82, 2.24) is 9.55 Å². The molecule has 4 heteroatoms. The third-order valence-corrected chi connectivity index (χ3v) is 2.99. The molecule has 0 saturated carbocycles. The molecule has 86 valence electrons. The Morgan fingerprint density at radius 1 is 1.44 bits per heavy atom. The first-order valence-electron chi connectivity index (χ1n) is 5.56. The van der Waals surface area contributed by atoms with Crippen molar-refractivity contribution in [2.24, 2.45) is 5.73 Å². The van der Waals surface area contributed by atoms with Gasteiger partial charge >= 0.3 is 0 Å². The maximum absolute atomic E-state index is 9.43. The quantitative estimate of drug-likeness (QED) is 0.814. The van der Waals surface area contributed by atoms with E-state index in [0.717, 1.165) is 17.5 Å². The van der Waals surface area contributed by atoms with Crippen LogP contribution in [0.1, 0.15) is 19.4 Å². The van der Waals surface area contributed by atoms with Gasteiger partial charge in [-0.2, -0.15) is 0 Å². The number of fused-ring (bicyclic) bond motifs is 1. The van der Waals surface area contributed by atoms with E-state index in [1.807, 2.05) is 35.8 Å². The van der Waals surface area contributed by atoms with Crippen LogP contribution in [0.15, 0.2) is 30.6 Å². The van der Waals surface area contributed by atoms with Crippen LogP contribution in [0.3, 0.4) is 0 Å². The Kier molecular flexibility index (Phi) is 3.22. The minimum absolute atomic E-state index is 0.0371. The van der Waals surface area contributed by atoms with Crippen molar-refractivity contribution in [2.75, 3.05) is 6.61 Å². The van der Waals surface area contributed by atoms with Crippen LogP contribution in [-0.2, 0) is 0 Å². The van der Waals surface area contributed by atoms with Gasteiger partial charge in [0.15, 0.2) is 0 Å². The molecule has 0 bridgehead atoms. The van der Waals surface area contributed by atoms with E-state index >= 15 is 0 Å².